The molecular weight excluding hydrogens is 148 g/mol. The summed E-state index contributed by atoms with van der Waals surface area (Å²) >= 11 is 0. The van der Waals surface area contributed by atoms with Crippen LogP contribution < -0.4 is 0 Å². The molecular formula is C11H20O. The van der Waals surface area contributed by atoms with Crippen LogP contribution >= 0.6 is 0 Å². The molecule has 3 atom stereocenters. The second kappa shape index (κ2) is 3.61. The normalized spacial score (nSPS) is 37.4. The molecule has 0 aromatic rings. The van der Waals surface area contributed by atoms with Crippen LogP contribution in [0.25, 0.3) is 0 Å². The van der Waals surface area contributed by atoms with E-state index < -0.39 is 0 Å². The van der Waals surface area contributed by atoms with Crippen LogP contribution in [-0.4, -0.2) is 11.2 Å². The fourth-order valence-corrected chi connectivity index (χ4v) is 2.05. The van der Waals surface area contributed by atoms with Crippen LogP contribution in [0.2, 0.25) is 0 Å². The van der Waals surface area contributed by atoms with E-state index in [1.165, 1.54) is 6.42 Å². The molecule has 0 heterocycles. The quantitative estimate of drug-likeness (QED) is 0.597. The van der Waals surface area contributed by atoms with Crippen molar-refractivity contribution in [1.29, 1.82) is 0 Å². The lowest BCUT2D eigenvalue weighted by atomic mass is 9.73. The molecule has 0 aliphatic heterocycles. The molecule has 0 spiro atoms. The summed E-state index contributed by atoms with van der Waals surface area (Å²) in [6, 6.07) is 0. The lowest BCUT2D eigenvalue weighted by Gasteiger charge is -2.36. The van der Waals surface area contributed by atoms with Gasteiger partial charge in [-0.3, -0.25) is 0 Å². The Labute approximate surface area is 75.5 Å². The predicted molar refractivity (Wildman–Crippen MR) is 51.9 cm³/mol. The molecule has 0 amide bonds. The second-order valence-corrected chi connectivity index (χ2v) is 4.41. The van der Waals surface area contributed by atoms with Gasteiger partial charge < -0.3 is 5.11 Å². The number of rotatable bonds is 1. The Kier molecular flexibility index (Phi) is 2.94. The molecule has 2 unspecified atom stereocenters. The molecule has 0 radical (unpaired) electrons. The monoisotopic (exact) mass is 168 g/mol. The number of hydrogen-bond acceptors (Lipinski definition) is 1. The average molecular weight is 168 g/mol. The molecule has 0 aromatic carbocycles. The van der Waals surface area contributed by atoms with Gasteiger partial charge in [0.05, 0.1) is 6.10 Å². The van der Waals surface area contributed by atoms with Crippen LogP contribution in [0.3, 0.4) is 0 Å². The molecule has 12 heavy (non-hydrogen) atoms. The topological polar surface area (TPSA) is 20.2 Å². The van der Waals surface area contributed by atoms with E-state index >= 15 is 0 Å². The first kappa shape index (κ1) is 9.79. The number of aliphatic hydroxyl groups is 1. The van der Waals surface area contributed by atoms with E-state index in [0.717, 1.165) is 12.0 Å². The van der Waals surface area contributed by atoms with Crippen LogP contribution in [0.1, 0.15) is 33.6 Å². The lowest BCUT2D eigenvalue weighted by Crippen LogP contribution is -2.33. The van der Waals surface area contributed by atoms with Crippen molar-refractivity contribution >= 4 is 0 Å². The summed E-state index contributed by atoms with van der Waals surface area (Å²) in [5.41, 5.74) is 1.04. The zero-order chi connectivity index (χ0) is 9.30. The van der Waals surface area contributed by atoms with Crippen molar-refractivity contribution in [2.24, 2.45) is 17.8 Å². The zero-order valence-corrected chi connectivity index (χ0v) is 8.38. The molecule has 0 aromatic heterocycles. The fraction of sp³-hybridized carbons (Fsp3) is 0.818. The largest absolute Gasteiger partial charge is 0.388 e. The maximum Gasteiger partial charge on any atom is 0.0780 e. The van der Waals surface area contributed by atoms with Gasteiger partial charge in [-0.1, -0.05) is 27.4 Å². The zero-order valence-electron chi connectivity index (χ0n) is 8.38. The molecule has 0 bridgehead atoms. The molecule has 70 valence electrons. The van der Waals surface area contributed by atoms with Crippen molar-refractivity contribution in [1.82, 2.24) is 0 Å². The van der Waals surface area contributed by atoms with Crippen molar-refractivity contribution < 1.29 is 5.11 Å². The SMILES string of the molecule is C=C1C(O)C(C(C)C)CC[C@H]1C. The molecule has 1 aliphatic carbocycles. The van der Waals surface area contributed by atoms with Crippen LogP contribution in [-0.2, 0) is 0 Å². The highest BCUT2D eigenvalue weighted by molar-refractivity contribution is 5.11. The third-order valence-electron chi connectivity index (χ3n) is 3.21. The summed E-state index contributed by atoms with van der Waals surface area (Å²) < 4.78 is 0. The Hall–Kier alpha value is -0.300. The van der Waals surface area contributed by atoms with Gasteiger partial charge in [-0.05, 0) is 36.2 Å². The highest BCUT2D eigenvalue weighted by Crippen LogP contribution is 2.36. The van der Waals surface area contributed by atoms with Crippen molar-refractivity contribution in [2.75, 3.05) is 0 Å². The van der Waals surface area contributed by atoms with Crippen LogP contribution in [0, 0.1) is 17.8 Å². The van der Waals surface area contributed by atoms with Crippen LogP contribution in [0.15, 0.2) is 12.2 Å². The summed E-state index contributed by atoms with van der Waals surface area (Å²) in [4.78, 5) is 0. The van der Waals surface area contributed by atoms with E-state index in [4.69, 9.17) is 0 Å². The highest BCUT2D eigenvalue weighted by atomic mass is 16.3. The molecule has 1 N–H and O–H groups in total. The van der Waals surface area contributed by atoms with Crippen LogP contribution in [0.4, 0.5) is 0 Å². The third-order valence-corrected chi connectivity index (χ3v) is 3.21. The molecule has 0 saturated heterocycles. The standard InChI is InChI=1S/C11H20O/c1-7(2)10-6-5-8(3)9(4)11(10)12/h7-8,10-12H,4-6H2,1-3H3/t8-,10?,11?/m1/s1. The van der Waals surface area contributed by atoms with Crippen LogP contribution in [0.5, 0.6) is 0 Å². The average Bonchev–Trinajstić information content (AvgIpc) is 2.00. The van der Waals surface area contributed by atoms with Gasteiger partial charge in [0.2, 0.25) is 0 Å². The maximum absolute atomic E-state index is 9.88. The van der Waals surface area contributed by atoms with E-state index in [1.54, 1.807) is 0 Å². The van der Waals surface area contributed by atoms with Crippen molar-refractivity contribution in [2.45, 2.75) is 39.7 Å². The summed E-state index contributed by atoms with van der Waals surface area (Å²) in [6.07, 6.45) is 2.09. The summed E-state index contributed by atoms with van der Waals surface area (Å²) in [6.45, 7) is 10.5. The van der Waals surface area contributed by atoms with E-state index in [9.17, 15) is 5.11 Å². The first-order valence-corrected chi connectivity index (χ1v) is 4.90. The van der Waals surface area contributed by atoms with Gasteiger partial charge in [0.25, 0.3) is 0 Å². The van der Waals surface area contributed by atoms with Gasteiger partial charge in [0.15, 0.2) is 0 Å². The first-order chi connectivity index (χ1) is 5.54. The van der Waals surface area contributed by atoms with Gasteiger partial charge in [-0.2, -0.15) is 0 Å². The van der Waals surface area contributed by atoms with Gasteiger partial charge in [0.1, 0.15) is 0 Å². The minimum atomic E-state index is -0.256. The molecule has 1 nitrogen and oxygen atoms in total. The summed E-state index contributed by atoms with van der Waals surface area (Å²) in [5, 5.41) is 9.88. The Morgan fingerprint density at radius 2 is 2.00 bits per heavy atom. The van der Waals surface area contributed by atoms with Crippen molar-refractivity contribution in [3.63, 3.8) is 0 Å². The fourth-order valence-electron chi connectivity index (χ4n) is 2.05. The lowest BCUT2D eigenvalue weighted by molar-refractivity contribution is 0.0740. The minimum Gasteiger partial charge on any atom is -0.388 e. The van der Waals surface area contributed by atoms with Gasteiger partial charge in [-0.25, -0.2) is 0 Å². The van der Waals surface area contributed by atoms with E-state index in [-0.39, 0.29) is 6.10 Å². The molecule has 1 saturated carbocycles. The molecule has 1 rings (SSSR count). The van der Waals surface area contributed by atoms with Crippen molar-refractivity contribution in [3.05, 3.63) is 12.2 Å². The molecule has 1 heteroatoms. The number of hydrogen-bond donors (Lipinski definition) is 1. The second-order valence-electron chi connectivity index (χ2n) is 4.41. The Bertz CT molecular complexity index is 172. The first-order valence-electron chi connectivity index (χ1n) is 4.90. The van der Waals surface area contributed by atoms with Gasteiger partial charge in [-0.15, -0.1) is 0 Å². The van der Waals surface area contributed by atoms with Gasteiger partial charge in [0, 0.05) is 0 Å². The Morgan fingerprint density at radius 3 is 2.50 bits per heavy atom. The van der Waals surface area contributed by atoms with Crippen molar-refractivity contribution in [3.8, 4) is 0 Å². The van der Waals surface area contributed by atoms with Gasteiger partial charge >= 0.3 is 0 Å². The predicted octanol–water partition coefficient (Wildman–Crippen LogP) is 2.61. The smallest absolute Gasteiger partial charge is 0.0780 e. The third kappa shape index (κ3) is 1.71. The number of aliphatic hydroxyl groups excluding tert-OH is 1. The van der Waals surface area contributed by atoms with E-state index in [2.05, 4.69) is 27.4 Å². The maximum atomic E-state index is 9.88. The highest BCUT2D eigenvalue weighted by Gasteiger charge is 2.31. The Balaban J connectivity index is 2.65. The Morgan fingerprint density at radius 1 is 1.42 bits per heavy atom. The van der Waals surface area contributed by atoms with E-state index in [1.807, 2.05) is 0 Å². The summed E-state index contributed by atoms with van der Waals surface area (Å²) in [7, 11) is 0. The summed E-state index contributed by atoms with van der Waals surface area (Å²) in [5.74, 6) is 1.52. The molecule has 1 aliphatic rings. The van der Waals surface area contributed by atoms with E-state index in [0.29, 0.717) is 17.8 Å². The molecule has 1 fully saturated rings. The minimum absolute atomic E-state index is 0.256.